The fourth-order valence-electron chi connectivity index (χ4n) is 2.96. The van der Waals surface area contributed by atoms with Gasteiger partial charge in [-0.15, -0.1) is 11.3 Å². The number of hydrogen-bond donors (Lipinski definition) is 0. The average Bonchev–Trinajstić information content (AvgIpc) is 2.88. The molecule has 0 aliphatic rings. The Morgan fingerprint density at radius 3 is 2.43 bits per heavy atom. The van der Waals surface area contributed by atoms with Crippen molar-refractivity contribution >= 4 is 31.5 Å². The van der Waals surface area contributed by atoms with Crippen molar-refractivity contribution in [3.63, 3.8) is 0 Å². The van der Waals surface area contributed by atoms with Gasteiger partial charge in [-0.3, -0.25) is 0 Å². The third-order valence-corrected chi connectivity index (χ3v) is 5.44. The minimum absolute atomic E-state index is 1.31. The highest BCUT2D eigenvalue weighted by atomic mass is 32.1. The van der Waals surface area contributed by atoms with E-state index in [1.807, 2.05) is 11.3 Å². The van der Waals surface area contributed by atoms with Gasteiger partial charge in [0, 0.05) is 20.2 Å². The zero-order chi connectivity index (χ0) is 14.4. The fourth-order valence-corrected chi connectivity index (χ4v) is 4.04. The van der Waals surface area contributed by atoms with Crippen LogP contribution in [-0.2, 0) is 0 Å². The van der Waals surface area contributed by atoms with Crippen molar-refractivity contribution < 1.29 is 0 Å². The van der Waals surface area contributed by atoms with Crippen molar-refractivity contribution in [2.24, 2.45) is 0 Å². The molecule has 0 nitrogen and oxygen atoms in total. The monoisotopic (exact) mass is 288 g/mol. The van der Waals surface area contributed by atoms with Gasteiger partial charge in [-0.25, -0.2) is 0 Å². The maximum Gasteiger partial charge on any atom is 0.0355 e. The van der Waals surface area contributed by atoms with Crippen molar-refractivity contribution in [1.29, 1.82) is 0 Å². The van der Waals surface area contributed by atoms with Gasteiger partial charge >= 0.3 is 0 Å². The van der Waals surface area contributed by atoms with E-state index in [4.69, 9.17) is 0 Å². The molecule has 1 aromatic heterocycles. The van der Waals surface area contributed by atoms with Gasteiger partial charge in [0.1, 0.15) is 0 Å². The zero-order valence-electron chi connectivity index (χ0n) is 12.2. The van der Waals surface area contributed by atoms with Gasteiger partial charge in [0.25, 0.3) is 0 Å². The van der Waals surface area contributed by atoms with Crippen LogP contribution in [0.4, 0.5) is 0 Å². The molecule has 1 heteroatoms. The molecule has 4 aromatic rings. The van der Waals surface area contributed by atoms with E-state index < -0.39 is 0 Å². The first-order valence-corrected chi connectivity index (χ1v) is 8.03. The molecule has 0 bridgehead atoms. The number of hydrogen-bond acceptors (Lipinski definition) is 1. The van der Waals surface area contributed by atoms with Crippen molar-refractivity contribution in [1.82, 2.24) is 0 Å². The van der Waals surface area contributed by atoms with Crippen LogP contribution in [0.1, 0.15) is 11.1 Å². The lowest BCUT2D eigenvalue weighted by Crippen LogP contribution is -1.86. The molecule has 0 fully saturated rings. The molecule has 21 heavy (non-hydrogen) atoms. The highest BCUT2D eigenvalue weighted by molar-refractivity contribution is 7.25. The molecule has 0 saturated carbocycles. The second kappa shape index (κ2) is 4.71. The van der Waals surface area contributed by atoms with E-state index in [9.17, 15) is 0 Å². The number of thiophene rings is 1. The molecule has 1 heterocycles. The molecule has 0 aliphatic heterocycles. The predicted molar refractivity (Wildman–Crippen MR) is 94.2 cm³/mol. The van der Waals surface area contributed by atoms with Crippen LogP contribution in [0.2, 0.25) is 0 Å². The second-order valence-corrected chi connectivity index (χ2v) is 6.64. The van der Waals surface area contributed by atoms with E-state index in [0.29, 0.717) is 0 Å². The predicted octanol–water partition coefficient (Wildman–Crippen LogP) is 6.34. The van der Waals surface area contributed by atoms with Crippen LogP contribution in [0.25, 0.3) is 31.3 Å². The molecule has 0 unspecified atom stereocenters. The van der Waals surface area contributed by atoms with Gasteiger partial charge < -0.3 is 0 Å². The molecule has 0 saturated heterocycles. The van der Waals surface area contributed by atoms with Gasteiger partial charge in [0.2, 0.25) is 0 Å². The van der Waals surface area contributed by atoms with E-state index in [1.54, 1.807) is 0 Å². The van der Waals surface area contributed by atoms with Crippen LogP contribution in [0, 0.1) is 13.8 Å². The smallest absolute Gasteiger partial charge is 0.0355 e. The zero-order valence-corrected chi connectivity index (χ0v) is 13.0. The Hall–Kier alpha value is -2.12. The Kier molecular flexibility index (Phi) is 2.83. The number of aryl methyl sites for hydroxylation is 1. The Labute approximate surface area is 128 Å². The third kappa shape index (κ3) is 1.97. The normalized spacial score (nSPS) is 11.3. The third-order valence-electron chi connectivity index (χ3n) is 4.29. The summed E-state index contributed by atoms with van der Waals surface area (Å²) in [6.45, 7) is 4.39. The van der Waals surface area contributed by atoms with Gasteiger partial charge in [-0.2, -0.15) is 0 Å². The van der Waals surface area contributed by atoms with Crippen molar-refractivity contribution in [3.8, 4) is 11.1 Å². The summed E-state index contributed by atoms with van der Waals surface area (Å²) < 4.78 is 2.73. The van der Waals surface area contributed by atoms with E-state index in [0.717, 1.165) is 0 Å². The Morgan fingerprint density at radius 1 is 0.714 bits per heavy atom. The summed E-state index contributed by atoms with van der Waals surface area (Å²) in [5.41, 5.74) is 5.37. The molecule has 0 atom stereocenters. The Bertz CT molecular complexity index is 960. The summed E-state index contributed by atoms with van der Waals surface area (Å²) in [5.74, 6) is 0. The maximum atomic E-state index is 2.34. The molecule has 0 aliphatic carbocycles. The summed E-state index contributed by atoms with van der Waals surface area (Å²) in [7, 11) is 0. The largest absolute Gasteiger partial charge is 0.135 e. The van der Waals surface area contributed by atoms with Crippen molar-refractivity contribution in [2.45, 2.75) is 13.8 Å². The van der Waals surface area contributed by atoms with E-state index >= 15 is 0 Å². The molecule has 0 N–H and O–H groups in total. The van der Waals surface area contributed by atoms with Gasteiger partial charge in [-0.05, 0) is 54.3 Å². The quantitative estimate of drug-likeness (QED) is 0.383. The molecule has 4 rings (SSSR count). The second-order valence-electron chi connectivity index (χ2n) is 5.56. The van der Waals surface area contributed by atoms with E-state index in [1.165, 1.54) is 42.4 Å². The van der Waals surface area contributed by atoms with Crippen LogP contribution in [0.5, 0.6) is 0 Å². The molecular weight excluding hydrogens is 272 g/mol. The van der Waals surface area contributed by atoms with Crippen LogP contribution >= 0.6 is 11.3 Å². The highest BCUT2D eigenvalue weighted by Crippen LogP contribution is 2.37. The summed E-state index contributed by atoms with van der Waals surface area (Å²) in [6.07, 6.45) is 0. The first-order chi connectivity index (χ1) is 10.2. The Morgan fingerprint density at radius 2 is 1.52 bits per heavy atom. The van der Waals surface area contributed by atoms with Crippen LogP contribution in [0.15, 0.2) is 60.7 Å². The van der Waals surface area contributed by atoms with Crippen molar-refractivity contribution in [2.75, 3.05) is 0 Å². The molecule has 0 spiro atoms. The summed E-state index contributed by atoms with van der Waals surface area (Å²) in [5, 5.41) is 2.73. The highest BCUT2D eigenvalue weighted by Gasteiger charge is 2.08. The minimum Gasteiger partial charge on any atom is -0.135 e. The van der Waals surface area contributed by atoms with Crippen LogP contribution < -0.4 is 0 Å². The van der Waals surface area contributed by atoms with Gasteiger partial charge in [-0.1, -0.05) is 42.5 Å². The molecule has 3 aromatic carbocycles. The molecule has 0 amide bonds. The fraction of sp³-hybridized carbons (Fsp3) is 0.100. The van der Waals surface area contributed by atoms with Gasteiger partial charge in [0.05, 0.1) is 0 Å². The van der Waals surface area contributed by atoms with E-state index in [2.05, 4.69) is 74.5 Å². The summed E-state index contributed by atoms with van der Waals surface area (Å²) in [6, 6.07) is 22.1. The lowest BCUT2D eigenvalue weighted by molar-refractivity contribution is 1.34. The SMILES string of the molecule is Cc1cccc(-c2ccc3sc4ccccc4c3c2)c1C. The van der Waals surface area contributed by atoms with Crippen LogP contribution in [0.3, 0.4) is 0 Å². The lowest BCUT2D eigenvalue weighted by Gasteiger charge is -2.09. The topological polar surface area (TPSA) is 0 Å². The number of rotatable bonds is 1. The summed E-state index contributed by atoms with van der Waals surface area (Å²) in [4.78, 5) is 0. The minimum atomic E-state index is 1.31. The molecule has 0 radical (unpaired) electrons. The van der Waals surface area contributed by atoms with Gasteiger partial charge in [0.15, 0.2) is 0 Å². The first kappa shape index (κ1) is 12.6. The number of fused-ring (bicyclic) bond motifs is 3. The lowest BCUT2D eigenvalue weighted by atomic mass is 9.96. The van der Waals surface area contributed by atoms with Crippen LogP contribution in [-0.4, -0.2) is 0 Å². The first-order valence-electron chi connectivity index (χ1n) is 7.22. The molecule has 102 valence electrons. The standard InChI is InChI=1S/C20H16S/c1-13-6-5-8-16(14(13)2)15-10-11-20-18(12-15)17-7-3-4-9-19(17)21-20/h3-12H,1-2H3. The van der Waals surface area contributed by atoms with Crippen molar-refractivity contribution in [3.05, 3.63) is 71.8 Å². The maximum absolute atomic E-state index is 2.34. The number of benzene rings is 3. The Balaban J connectivity index is 2.02. The summed E-state index contributed by atoms with van der Waals surface area (Å²) >= 11 is 1.87. The molecular formula is C20H16S. The van der Waals surface area contributed by atoms with E-state index in [-0.39, 0.29) is 0 Å². The average molecular weight is 288 g/mol.